The Labute approximate surface area is 215 Å². The van der Waals surface area contributed by atoms with Crippen LogP contribution in [0.2, 0.25) is 0 Å². The van der Waals surface area contributed by atoms with Crippen molar-refractivity contribution < 1.29 is 18.7 Å². The number of rotatable bonds is 5. The molecule has 1 heterocycles. The van der Waals surface area contributed by atoms with Gasteiger partial charge in [-0.15, -0.1) is 0 Å². The molecule has 5 fully saturated rings. The minimum Gasteiger partial charge on any atom is -0.466 e. The van der Waals surface area contributed by atoms with E-state index in [9.17, 15) is 9.59 Å². The van der Waals surface area contributed by atoms with Crippen LogP contribution >= 0.6 is 15.9 Å². The molecule has 4 unspecified atom stereocenters. The van der Waals surface area contributed by atoms with Crippen molar-refractivity contribution in [3.8, 4) is 0 Å². The van der Waals surface area contributed by atoms with Crippen LogP contribution < -0.4 is 10.6 Å². The van der Waals surface area contributed by atoms with Gasteiger partial charge in [0.15, 0.2) is 0 Å². The molecule has 1 amide bonds. The molecule has 190 valence electrons. The molecule has 7 heteroatoms. The van der Waals surface area contributed by atoms with Gasteiger partial charge >= 0.3 is 5.97 Å². The Bertz CT molecular complexity index is 1010. The summed E-state index contributed by atoms with van der Waals surface area (Å²) in [6.45, 7) is 3.84. The van der Waals surface area contributed by atoms with E-state index in [1.165, 1.54) is 5.56 Å². The van der Waals surface area contributed by atoms with Crippen LogP contribution in [0.15, 0.2) is 22.7 Å². The summed E-state index contributed by atoms with van der Waals surface area (Å²) in [6, 6.07) is 6.21. The van der Waals surface area contributed by atoms with Crippen molar-refractivity contribution >= 4 is 27.8 Å². The van der Waals surface area contributed by atoms with Crippen LogP contribution in [0.3, 0.4) is 0 Å². The van der Waals surface area contributed by atoms with Gasteiger partial charge < -0.3 is 15.4 Å². The van der Waals surface area contributed by atoms with E-state index in [-0.39, 0.29) is 53.4 Å². The van der Waals surface area contributed by atoms with Crippen LogP contribution in [0.25, 0.3) is 0 Å². The largest absolute Gasteiger partial charge is 0.466 e. The molecule has 5 nitrogen and oxygen atoms in total. The van der Waals surface area contributed by atoms with E-state index < -0.39 is 5.67 Å². The number of esters is 1. The predicted octanol–water partition coefficient (Wildman–Crippen LogP) is 4.77. The van der Waals surface area contributed by atoms with Gasteiger partial charge in [-0.3, -0.25) is 9.59 Å². The molecule has 7 rings (SSSR count). The summed E-state index contributed by atoms with van der Waals surface area (Å²) in [5.74, 6) is 0.195. The quantitative estimate of drug-likeness (QED) is 0.522. The molecule has 0 aromatic heterocycles. The van der Waals surface area contributed by atoms with E-state index in [1.807, 2.05) is 13.0 Å². The number of alkyl halides is 1. The zero-order valence-electron chi connectivity index (χ0n) is 20.5. The highest BCUT2D eigenvalue weighted by atomic mass is 79.9. The summed E-state index contributed by atoms with van der Waals surface area (Å²) in [5, 5.41) is 6.96. The van der Waals surface area contributed by atoms with Gasteiger partial charge in [-0.05, 0) is 99.9 Å². The lowest BCUT2D eigenvalue weighted by Gasteiger charge is -2.57. The Balaban J connectivity index is 1.35. The molecule has 4 bridgehead atoms. The SMILES string of the molecule is CCOC(=O)CC1c2cccc(Br)c2C2(CCNCC2)C1C(=O)NC1C2CC3CC1CC(F)(C3)C2. The second-order valence-electron chi connectivity index (χ2n) is 11.9. The number of hydrogen-bond donors (Lipinski definition) is 2. The number of benzene rings is 1. The van der Waals surface area contributed by atoms with Crippen molar-refractivity contribution in [2.45, 2.75) is 81.3 Å². The Hall–Kier alpha value is -1.47. The van der Waals surface area contributed by atoms with E-state index in [0.717, 1.165) is 48.8 Å². The monoisotopic (exact) mass is 546 g/mol. The Morgan fingerprint density at radius 1 is 1.17 bits per heavy atom. The first-order chi connectivity index (χ1) is 16.8. The molecule has 5 aliphatic carbocycles. The van der Waals surface area contributed by atoms with Crippen LogP contribution in [-0.2, 0) is 19.7 Å². The number of ether oxygens (including phenoxy) is 1. The maximum atomic E-state index is 15.3. The maximum absolute atomic E-state index is 15.3. The number of carbonyl (C=O) groups is 2. The summed E-state index contributed by atoms with van der Waals surface area (Å²) < 4.78 is 21.7. The van der Waals surface area contributed by atoms with E-state index >= 15 is 4.39 Å². The second kappa shape index (κ2) is 8.83. The zero-order valence-corrected chi connectivity index (χ0v) is 22.0. The Kier molecular flexibility index (Phi) is 6.03. The van der Waals surface area contributed by atoms with Crippen LogP contribution in [-0.4, -0.2) is 43.3 Å². The molecule has 2 N–H and O–H groups in total. The third-order valence-electron chi connectivity index (χ3n) is 9.92. The fraction of sp³-hybridized carbons (Fsp3) is 0.714. The average molecular weight is 548 g/mol. The van der Waals surface area contributed by atoms with E-state index in [1.54, 1.807) is 0 Å². The van der Waals surface area contributed by atoms with Gasteiger partial charge in [0.1, 0.15) is 5.67 Å². The topological polar surface area (TPSA) is 67.4 Å². The van der Waals surface area contributed by atoms with Crippen LogP contribution in [0.5, 0.6) is 0 Å². The number of piperidine rings is 1. The molecule has 6 aliphatic rings. The van der Waals surface area contributed by atoms with Crippen molar-refractivity contribution in [3.05, 3.63) is 33.8 Å². The second-order valence-corrected chi connectivity index (χ2v) is 12.7. The zero-order chi connectivity index (χ0) is 24.4. The Morgan fingerprint density at radius 3 is 2.54 bits per heavy atom. The van der Waals surface area contributed by atoms with Gasteiger partial charge in [-0.1, -0.05) is 28.1 Å². The van der Waals surface area contributed by atoms with Crippen molar-refractivity contribution in [1.29, 1.82) is 0 Å². The highest BCUT2D eigenvalue weighted by Gasteiger charge is 2.59. The number of nitrogens with one attached hydrogen (secondary N) is 2. The van der Waals surface area contributed by atoms with Gasteiger partial charge in [0, 0.05) is 21.8 Å². The number of hydrogen-bond acceptors (Lipinski definition) is 4. The molecular formula is C28H36BrFN2O3. The molecule has 4 saturated carbocycles. The van der Waals surface area contributed by atoms with Crippen molar-refractivity contribution in [3.63, 3.8) is 0 Å². The number of carbonyl (C=O) groups excluding carboxylic acids is 2. The molecule has 1 spiro atoms. The number of fused-ring (bicyclic) bond motifs is 2. The summed E-state index contributed by atoms with van der Waals surface area (Å²) in [5.41, 5.74) is 0.954. The third-order valence-corrected chi connectivity index (χ3v) is 10.6. The van der Waals surface area contributed by atoms with Gasteiger partial charge in [0.2, 0.25) is 5.91 Å². The van der Waals surface area contributed by atoms with Crippen LogP contribution in [0.1, 0.15) is 75.3 Å². The molecule has 1 aliphatic heterocycles. The van der Waals surface area contributed by atoms with Gasteiger partial charge in [-0.25, -0.2) is 4.39 Å². The van der Waals surface area contributed by atoms with Crippen LogP contribution in [0, 0.1) is 23.7 Å². The first-order valence-electron chi connectivity index (χ1n) is 13.5. The fourth-order valence-electron chi connectivity index (χ4n) is 9.00. The summed E-state index contributed by atoms with van der Waals surface area (Å²) in [6.07, 6.45) is 5.86. The summed E-state index contributed by atoms with van der Waals surface area (Å²) in [4.78, 5) is 27.1. The Morgan fingerprint density at radius 2 is 1.89 bits per heavy atom. The summed E-state index contributed by atoms with van der Waals surface area (Å²) in [7, 11) is 0. The smallest absolute Gasteiger partial charge is 0.306 e. The first kappa shape index (κ1) is 23.9. The van der Waals surface area contributed by atoms with Crippen molar-refractivity contribution in [2.75, 3.05) is 19.7 Å². The first-order valence-corrected chi connectivity index (χ1v) is 14.3. The third kappa shape index (κ3) is 3.87. The minimum atomic E-state index is -1.02. The summed E-state index contributed by atoms with van der Waals surface area (Å²) >= 11 is 3.80. The van der Waals surface area contributed by atoms with Gasteiger partial charge in [0.25, 0.3) is 0 Å². The highest BCUT2D eigenvalue weighted by molar-refractivity contribution is 9.10. The molecule has 1 saturated heterocycles. The van der Waals surface area contributed by atoms with E-state index in [0.29, 0.717) is 31.8 Å². The maximum Gasteiger partial charge on any atom is 0.306 e. The number of amides is 1. The van der Waals surface area contributed by atoms with Gasteiger partial charge in [0.05, 0.1) is 18.9 Å². The normalized spacial score (nSPS) is 38.4. The molecule has 1 aromatic rings. The standard InChI is InChI=1S/C28H36BrFN2O3/c1-2-35-22(33)12-20-19-4-3-5-21(29)23(19)28(6-8-31-9-7-28)24(20)26(34)32-25-17-10-16-11-18(25)15-27(30,13-16)14-17/h3-5,16-18,20,24-25,31H,2,6-15H2,1H3,(H,32,34). The van der Waals surface area contributed by atoms with E-state index in [2.05, 4.69) is 38.7 Å². The lowest BCUT2D eigenvalue weighted by Crippen LogP contribution is -2.62. The molecule has 4 atom stereocenters. The van der Waals surface area contributed by atoms with Crippen molar-refractivity contribution in [1.82, 2.24) is 10.6 Å². The average Bonchev–Trinajstić information content (AvgIpc) is 3.05. The van der Waals surface area contributed by atoms with Crippen molar-refractivity contribution in [2.24, 2.45) is 23.7 Å². The number of halogens is 2. The molecule has 35 heavy (non-hydrogen) atoms. The van der Waals surface area contributed by atoms with E-state index in [4.69, 9.17) is 4.74 Å². The highest BCUT2D eigenvalue weighted by Crippen LogP contribution is 2.60. The lowest BCUT2D eigenvalue weighted by molar-refractivity contribution is -0.145. The minimum absolute atomic E-state index is 0.0506. The molecule has 1 aromatic carbocycles. The molecule has 0 radical (unpaired) electrons. The van der Waals surface area contributed by atoms with Gasteiger partial charge in [-0.2, -0.15) is 0 Å². The predicted molar refractivity (Wildman–Crippen MR) is 135 cm³/mol. The molecular weight excluding hydrogens is 511 g/mol. The van der Waals surface area contributed by atoms with Crippen LogP contribution in [0.4, 0.5) is 4.39 Å². The fourth-order valence-corrected chi connectivity index (χ4v) is 9.78. The lowest BCUT2D eigenvalue weighted by atomic mass is 9.53.